The van der Waals surface area contributed by atoms with Gasteiger partial charge in [-0.05, 0) is 25.5 Å². The third-order valence-corrected chi connectivity index (χ3v) is 2.83. The summed E-state index contributed by atoms with van der Waals surface area (Å²) in [5.74, 6) is -4.18. The van der Waals surface area contributed by atoms with Crippen LogP contribution in [0.15, 0.2) is 16.9 Å². The average molecular weight is 268 g/mol. The molecule has 0 spiro atoms. The molecule has 100 valence electrons. The summed E-state index contributed by atoms with van der Waals surface area (Å²) in [6, 6.07) is 1.59. The Kier molecular flexibility index (Phi) is 3.42. The van der Waals surface area contributed by atoms with E-state index in [0.717, 1.165) is 12.1 Å². The highest BCUT2D eigenvalue weighted by atomic mass is 19.2. The summed E-state index contributed by atoms with van der Waals surface area (Å²) in [6.45, 7) is 3.43. The van der Waals surface area contributed by atoms with Crippen LogP contribution < -0.4 is 5.56 Å². The highest BCUT2D eigenvalue weighted by Gasteiger charge is 2.14. The van der Waals surface area contributed by atoms with Crippen molar-refractivity contribution in [1.29, 1.82) is 0 Å². The van der Waals surface area contributed by atoms with E-state index < -0.39 is 17.5 Å². The molecule has 1 aromatic heterocycles. The van der Waals surface area contributed by atoms with Crippen molar-refractivity contribution in [3.8, 4) is 11.4 Å². The molecule has 1 N–H and O–H groups in total. The van der Waals surface area contributed by atoms with Gasteiger partial charge in [0.2, 0.25) is 0 Å². The molecule has 2 rings (SSSR count). The van der Waals surface area contributed by atoms with Crippen LogP contribution in [0.1, 0.15) is 18.2 Å². The third-order valence-electron chi connectivity index (χ3n) is 2.83. The van der Waals surface area contributed by atoms with E-state index in [9.17, 15) is 18.0 Å². The van der Waals surface area contributed by atoms with Gasteiger partial charge in [-0.1, -0.05) is 6.92 Å². The number of nitrogens with zero attached hydrogens (tertiary/aromatic N) is 1. The average Bonchev–Trinajstić information content (AvgIpc) is 2.35. The first-order valence-corrected chi connectivity index (χ1v) is 5.68. The van der Waals surface area contributed by atoms with Crippen LogP contribution in [0.3, 0.4) is 0 Å². The summed E-state index contributed by atoms with van der Waals surface area (Å²) in [7, 11) is 0. The standard InChI is InChI=1S/C13H11F3N2O/c1-3-8-6(2)17-12(18-13(8)19)7-4-9(14)11(16)10(15)5-7/h4-5H,3H2,1-2H3,(H,17,18,19). The van der Waals surface area contributed by atoms with Gasteiger partial charge in [-0.25, -0.2) is 18.2 Å². The third kappa shape index (κ3) is 2.38. The van der Waals surface area contributed by atoms with Crippen molar-refractivity contribution in [1.82, 2.24) is 9.97 Å². The summed E-state index contributed by atoms with van der Waals surface area (Å²) >= 11 is 0. The van der Waals surface area contributed by atoms with Gasteiger partial charge in [-0.3, -0.25) is 4.79 Å². The topological polar surface area (TPSA) is 45.8 Å². The Labute approximate surface area is 107 Å². The van der Waals surface area contributed by atoms with Gasteiger partial charge in [0.1, 0.15) is 5.82 Å². The molecule has 0 unspecified atom stereocenters. The van der Waals surface area contributed by atoms with E-state index in [1.165, 1.54) is 0 Å². The van der Waals surface area contributed by atoms with Crippen LogP contribution in [0, 0.1) is 24.4 Å². The van der Waals surface area contributed by atoms with Gasteiger partial charge < -0.3 is 4.98 Å². The zero-order valence-corrected chi connectivity index (χ0v) is 10.4. The number of aryl methyl sites for hydroxylation is 1. The van der Waals surface area contributed by atoms with E-state index in [4.69, 9.17) is 0 Å². The lowest BCUT2D eigenvalue weighted by molar-refractivity contribution is 0.447. The molecular formula is C13H11F3N2O. The monoisotopic (exact) mass is 268 g/mol. The van der Waals surface area contributed by atoms with Gasteiger partial charge in [0.15, 0.2) is 17.5 Å². The predicted molar refractivity (Wildman–Crippen MR) is 64.3 cm³/mol. The molecule has 0 aliphatic rings. The number of rotatable bonds is 2. The number of hydrogen-bond donors (Lipinski definition) is 1. The fourth-order valence-electron chi connectivity index (χ4n) is 1.86. The van der Waals surface area contributed by atoms with Gasteiger partial charge in [-0.2, -0.15) is 0 Å². The maximum Gasteiger partial charge on any atom is 0.254 e. The molecule has 0 aliphatic carbocycles. The minimum atomic E-state index is -1.55. The normalized spacial score (nSPS) is 10.8. The Morgan fingerprint density at radius 2 is 1.79 bits per heavy atom. The minimum Gasteiger partial charge on any atom is -0.306 e. The first-order valence-electron chi connectivity index (χ1n) is 5.68. The summed E-state index contributed by atoms with van der Waals surface area (Å²) in [6.07, 6.45) is 0.501. The minimum absolute atomic E-state index is 0.0116. The molecule has 0 amide bonds. The number of nitrogens with one attached hydrogen (secondary N) is 1. The lowest BCUT2D eigenvalue weighted by atomic mass is 10.1. The highest BCUT2D eigenvalue weighted by Crippen LogP contribution is 2.20. The fourth-order valence-corrected chi connectivity index (χ4v) is 1.86. The zero-order valence-electron chi connectivity index (χ0n) is 10.4. The van der Waals surface area contributed by atoms with Crippen LogP contribution >= 0.6 is 0 Å². The molecule has 0 radical (unpaired) electrons. The van der Waals surface area contributed by atoms with E-state index in [1.807, 2.05) is 0 Å². The molecule has 0 aliphatic heterocycles. The lowest BCUT2D eigenvalue weighted by Gasteiger charge is -2.06. The fraction of sp³-hybridized carbons (Fsp3) is 0.231. The lowest BCUT2D eigenvalue weighted by Crippen LogP contribution is -2.16. The van der Waals surface area contributed by atoms with Crippen molar-refractivity contribution in [2.24, 2.45) is 0 Å². The Morgan fingerprint density at radius 1 is 1.21 bits per heavy atom. The predicted octanol–water partition coefficient (Wildman–Crippen LogP) is 2.73. The molecule has 1 aromatic carbocycles. The van der Waals surface area contributed by atoms with Crippen LogP contribution in [0.4, 0.5) is 13.2 Å². The van der Waals surface area contributed by atoms with E-state index in [0.29, 0.717) is 17.7 Å². The molecule has 6 heteroatoms. The number of hydrogen-bond acceptors (Lipinski definition) is 2. The van der Waals surface area contributed by atoms with E-state index in [2.05, 4.69) is 9.97 Å². The van der Waals surface area contributed by atoms with Crippen LogP contribution in [-0.2, 0) is 6.42 Å². The quantitative estimate of drug-likeness (QED) is 0.851. The largest absolute Gasteiger partial charge is 0.306 e. The molecule has 19 heavy (non-hydrogen) atoms. The van der Waals surface area contributed by atoms with Gasteiger partial charge in [0, 0.05) is 16.8 Å². The highest BCUT2D eigenvalue weighted by molar-refractivity contribution is 5.55. The van der Waals surface area contributed by atoms with Crippen molar-refractivity contribution in [3.05, 3.63) is 51.2 Å². The van der Waals surface area contributed by atoms with Gasteiger partial charge >= 0.3 is 0 Å². The summed E-state index contributed by atoms with van der Waals surface area (Å²) in [5.41, 5.74) is 0.604. The Bertz CT molecular complexity index is 672. The van der Waals surface area contributed by atoms with Crippen LogP contribution in [-0.4, -0.2) is 9.97 Å². The molecule has 2 aromatic rings. The van der Waals surface area contributed by atoms with Crippen molar-refractivity contribution in [2.75, 3.05) is 0 Å². The molecule has 0 fully saturated rings. The number of H-pyrrole nitrogens is 1. The van der Waals surface area contributed by atoms with Crippen molar-refractivity contribution in [3.63, 3.8) is 0 Å². The SMILES string of the molecule is CCc1c(C)nc(-c2cc(F)c(F)c(F)c2)[nH]c1=O. The molecule has 1 heterocycles. The molecule has 0 bridgehead atoms. The van der Waals surface area contributed by atoms with E-state index in [-0.39, 0.29) is 16.9 Å². The Hall–Kier alpha value is -2.11. The maximum absolute atomic E-state index is 13.1. The smallest absolute Gasteiger partial charge is 0.254 e. The summed E-state index contributed by atoms with van der Waals surface area (Å²) in [5, 5.41) is 0. The Morgan fingerprint density at radius 3 is 2.26 bits per heavy atom. The second-order valence-electron chi connectivity index (χ2n) is 4.09. The molecular weight excluding hydrogens is 257 g/mol. The summed E-state index contributed by atoms with van der Waals surface area (Å²) in [4.78, 5) is 18.3. The van der Waals surface area contributed by atoms with Crippen LogP contribution in [0.5, 0.6) is 0 Å². The van der Waals surface area contributed by atoms with E-state index >= 15 is 0 Å². The maximum atomic E-state index is 13.1. The van der Waals surface area contributed by atoms with E-state index in [1.54, 1.807) is 13.8 Å². The second kappa shape index (κ2) is 4.87. The second-order valence-corrected chi connectivity index (χ2v) is 4.09. The van der Waals surface area contributed by atoms with Gasteiger partial charge in [-0.15, -0.1) is 0 Å². The first kappa shape index (κ1) is 13.3. The number of aromatic amines is 1. The number of aromatic nitrogens is 2. The van der Waals surface area contributed by atoms with Crippen molar-refractivity contribution in [2.45, 2.75) is 20.3 Å². The molecule has 0 saturated heterocycles. The molecule has 0 saturated carbocycles. The van der Waals surface area contributed by atoms with Crippen LogP contribution in [0.25, 0.3) is 11.4 Å². The molecule has 0 atom stereocenters. The van der Waals surface area contributed by atoms with Crippen LogP contribution in [0.2, 0.25) is 0 Å². The van der Waals surface area contributed by atoms with Gasteiger partial charge in [0.25, 0.3) is 5.56 Å². The number of halogens is 3. The summed E-state index contributed by atoms with van der Waals surface area (Å²) < 4.78 is 39.1. The zero-order chi connectivity index (χ0) is 14.2. The van der Waals surface area contributed by atoms with Crippen molar-refractivity contribution < 1.29 is 13.2 Å². The first-order chi connectivity index (χ1) is 8.93. The van der Waals surface area contributed by atoms with Gasteiger partial charge in [0.05, 0.1) is 0 Å². The number of benzene rings is 1. The van der Waals surface area contributed by atoms with Crippen molar-refractivity contribution >= 4 is 0 Å². The Balaban J connectivity index is 2.63. The molecule has 3 nitrogen and oxygen atoms in total.